The Balaban J connectivity index is 2.35. The summed E-state index contributed by atoms with van der Waals surface area (Å²) in [6.07, 6.45) is 5.69. The fourth-order valence-corrected chi connectivity index (χ4v) is 1.28. The highest BCUT2D eigenvalue weighted by Gasteiger charge is 2.13. The third-order valence-electron chi connectivity index (χ3n) is 2.03. The van der Waals surface area contributed by atoms with Gasteiger partial charge in [-0.25, -0.2) is 13.9 Å². The van der Waals surface area contributed by atoms with Crippen LogP contribution >= 0.6 is 0 Å². The summed E-state index contributed by atoms with van der Waals surface area (Å²) in [5.41, 5.74) is 0.624. The summed E-state index contributed by atoms with van der Waals surface area (Å²) in [4.78, 5) is 19.5. The van der Waals surface area contributed by atoms with Crippen LogP contribution in [-0.4, -0.2) is 15.8 Å². The second kappa shape index (κ2) is 4.14. The van der Waals surface area contributed by atoms with Gasteiger partial charge in [0.2, 0.25) is 5.78 Å². The largest absolute Gasteiger partial charge is 0.287 e. The van der Waals surface area contributed by atoms with Crippen molar-refractivity contribution in [2.24, 2.45) is 7.05 Å². The summed E-state index contributed by atoms with van der Waals surface area (Å²) in [5, 5.41) is 0. The van der Waals surface area contributed by atoms with E-state index >= 15 is 0 Å². The number of rotatable bonds is 2. The first-order valence-corrected chi connectivity index (χ1v) is 4.63. The number of carbonyl (C=O) groups is 1. The molecule has 4 nitrogen and oxygen atoms in total. The number of halogens is 1. The van der Waals surface area contributed by atoms with Crippen molar-refractivity contribution in [3.05, 3.63) is 54.1 Å². The lowest BCUT2D eigenvalue weighted by Gasteiger charge is -1.97. The number of carbonyl (C=O) groups excluding carboxylic acids is 1. The van der Waals surface area contributed by atoms with Crippen molar-refractivity contribution in [1.29, 1.82) is 0 Å². The number of ketones is 1. The van der Waals surface area contributed by atoms with Gasteiger partial charge >= 0.3 is 0 Å². The summed E-state index contributed by atoms with van der Waals surface area (Å²) < 4.78 is 14.3. The minimum absolute atomic E-state index is 0.203. The summed E-state index contributed by atoms with van der Waals surface area (Å²) in [7, 11) is 1.77. The van der Waals surface area contributed by atoms with Gasteiger partial charge in [-0.2, -0.15) is 0 Å². The van der Waals surface area contributed by atoms with E-state index in [1.54, 1.807) is 24.1 Å². The summed E-state index contributed by atoms with van der Waals surface area (Å²) in [5.74, 6) is -0.739. The molecular formula is C11H9FN3O+. The van der Waals surface area contributed by atoms with Crippen LogP contribution in [0.1, 0.15) is 16.1 Å². The third kappa shape index (κ3) is 2.08. The van der Waals surface area contributed by atoms with Crippen molar-refractivity contribution in [1.82, 2.24) is 9.97 Å². The Labute approximate surface area is 91.4 Å². The lowest BCUT2D eigenvalue weighted by atomic mass is 10.1. The molecule has 2 rings (SSSR count). The van der Waals surface area contributed by atoms with Crippen LogP contribution in [-0.2, 0) is 7.05 Å². The van der Waals surface area contributed by atoms with Gasteiger partial charge in [-0.05, 0) is 12.1 Å². The average Bonchev–Trinajstić information content (AvgIpc) is 2.29. The Kier molecular flexibility index (Phi) is 2.68. The minimum Gasteiger partial charge on any atom is -0.287 e. The van der Waals surface area contributed by atoms with Crippen molar-refractivity contribution in [3.63, 3.8) is 0 Å². The summed E-state index contributed by atoms with van der Waals surface area (Å²) in [6.45, 7) is 0. The van der Waals surface area contributed by atoms with E-state index in [4.69, 9.17) is 0 Å². The SMILES string of the molecule is C[n+]1cncc(C(=O)c2ccc(F)cn2)c1. The zero-order valence-corrected chi connectivity index (χ0v) is 8.59. The molecule has 0 atom stereocenters. The van der Waals surface area contributed by atoms with E-state index < -0.39 is 5.82 Å². The second-order valence-electron chi connectivity index (χ2n) is 3.33. The van der Waals surface area contributed by atoms with Crippen molar-refractivity contribution in [2.45, 2.75) is 0 Å². The number of aromatic nitrogens is 3. The van der Waals surface area contributed by atoms with Gasteiger partial charge in [-0.3, -0.25) is 4.79 Å². The molecule has 5 heteroatoms. The standard InChI is InChI=1S/C11H9FN3O/c1-15-6-8(4-13-7-15)11(16)10-3-2-9(12)5-14-10/h2-7H,1H3/q+1. The van der Waals surface area contributed by atoms with E-state index in [2.05, 4.69) is 9.97 Å². The average molecular weight is 218 g/mol. The maximum Gasteiger partial charge on any atom is 0.285 e. The molecule has 2 aromatic rings. The normalized spacial score (nSPS) is 10.1. The topological polar surface area (TPSA) is 46.7 Å². The Morgan fingerprint density at radius 1 is 1.38 bits per heavy atom. The predicted octanol–water partition coefficient (Wildman–Crippen LogP) is 0.671. The molecule has 0 fully saturated rings. The molecule has 0 bridgehead atoms. The van der Waals surface area contributed by atoms with Crippen molar-refractivity contribution in [3.8, 4) is 0 Å². The molecule has 0 spiro atoms. The van der Waals surface area contributed by atoms with Gasteiger partial charge in [0.1, 0.15) is 23.3 Å². The van der Waals surface area contributed by atoms with Crippen LogP contribution in [0.3, 0.4) is 0 Å². The monoisotopic (exact) mass is 218 g/mol. The van der Waals surface area contributed by atoms with E-state index in [9.17, 15) is 9.18 Å². The Morgan fingerprint density at radius 2 is 2.19 bits per heavy atom. The van der Waals surface area contributed by atoms with E-state index in [0.717, 1.165) is 6.20 Å². The number of hydrogen-bond donors (Lipinski definition) is 0. The number of hydrogen-bond acceptors (Lipinski definition) is 3. The van der Waals surface area contributed by atoms with Crippen LogP contribution < -0.4 is 4.57 Å². The molecule has 0 aliphatic rings. The number of nitrogens with zero attached hydrogens (tertiary/aromatic N) is 3. The molecule has 0 saturated carbocycles. The second-order valence-corrected chi connectivity index (χ2v) is 3.33. The molecule has 0 unspecified atom stereocenters. The molecule has 0 saturated heterocycles. The van der Waals surface area contributed by atoms with Gasteiger partial charge in [0.05, 0.1) is 13.2 Å². The van der Waals surface area contributed by atoms with Gasteiger partial charge in [-0.1, -0.05) is 4.98 Å². The lowest BCUT2D eigenvalue weighted by molar-refractivity contribution is -0.674. The maximum atomic E-state index is 12.6. The molecule has 16 heavy (non-hydrogen) atoms. The zero-order valence-electron chi connectivity index (χ0n) is 8.59. The molecule has 0 amide bonds. The van der Waals surface area contributed by atoms with Crippen molar-refractivity contribution >= 4 is 5.78 Å². The summed E-state index contributed by atoms with van der Waals surface area (Å²) >= 11 is 0. The van der Waals surface area contributed by atoms with Crippen molar-refractivity contribution < 1.29 is 13.8 Å². The predicted molar refractivity (Wildman–Crippen MR) is 53.0 cm³/mol. The molecule has 0 radical (unpaired) electrons. The minimum atomic E-state index is -0.465. The highest BCUT2D eigenvalue weighted by atomic mass is 19.1. The first kappa shape index (κ1) is 10.4. The number of pyridine rings is 1. The van der Waals surface area contributed by atoms with Crippen LogP contribution in [0.4, 0.5) is 4.39 Å². The van der Waals surface area contributed by atoms with Crippen molar-refractivity contribution in [2.75, 3.05) is 0 Å². The first-order valence-electron chi connectivity index (χ1n) is 4.63. The fraction of sp³-hybridized carbons (Fsp3) is 0.0909. The van der Waals surface area contributed by atoms with E-state index in [1.807, 2.05) is 0 Å². The highest BCUT2D eigenvalue weighted by Crippen LogP contribution is 2.05. The molecule has 0 aromatic carbocycles. The molecular weight excluding hydrogens is 209 g/mol. The molecule has 80 valence electrons. The van der Waals surface area contributed by atoms with Crippen LogP contribution in [0.2, 0.25) is 0 Å². The van der Waals surface area contributed by atoms with Crippen LogP contribution in [0.5, 0.6) is 0 Å². The zero-order chi connectivity index (χ0) is 11.5. The van der Waals surface area contributed by atoms with Gasteiger partial charge in [0, 0.05) is 0 Å². The molecule has 0 aliphatic heterocycles. The van der Waals surface area contributed by atoms with E-state index in [1.165, 1.54) is 18.3 Å². The van der Waals surface area contributed by atoms with Crippen LogP contribution in [0, 0.1) is 5.82 Å². The third-order valence-corrected chi connectivity index (χ3v) is 2.03. The van der Waals surface area contributed by atoms with E-state index in [-0.39, 0.29) is 11.5 Å². The van der Waals surface area contributed by atoms with Gasteiger partial charge < -0.3 is 0 Å². The van der Waals surface area contributed by atoms with Gasteiger partial charge in [0.15, 0.2) is 6.20 Å². The van der Waals surface area contributed by atoms with E-state index in [0.29, 0.717) is 5.56 Å². The van der Waals surface area contributed by atoms with Gasteiger partial charge in [-0.15, -0.1) is 0 Å². The molecule has 2 aromatic heterocycles. The highest BCUT2D eigenvalue weighted by molar-refractivity contribution is 6.07. The smallest absolute Gasteiger partial charge is 0.285 e. The van der Waals surface area contributed by atoms with Crippen LogP contribution in [0.15, 0.2) is 37.1 Å². The Hall–Kier alpha value is -2.17. The molecule has 0 aliphatic carbocycles. The lowest BCUT2D eigenvalue weighted by Crippen LogP contribution is -2.29. The maximum absolute atomic E-state index is 12.6. The Bertz CT molecular complexity index is 525. The first-order chi connectivity index (χ1) is 7.66. The Morgan fingerprint density at radius 3 is 2.81 bits per heavy atom. The molecule has 2 heterocycles. The summed E-state index contributed by atoms with van der Waals surface area (Å²) in [6, 6.07) is 2.56. The number of aryl methyl sites for hydroxylation is 1. The fourth-order valence-electron chi connectivity index (χ4n) is 1.28. The van der Waals surface area contributed by atoms with Gasteiger partial charge in [0.25, 0.3) is 6.33 Å². The van der Waals surface area contributed by atoms with Crippen LogP contribution in [0.25, 0.3) is 0 Å². The molecule has 0 N–H and O–H groups in total. The quantitative estimate of drug-likeness (QED) is 0.550.